The molecule has 0 aliphatic carbocycles. The van der Waals surface area contributed by atoms with Crippen molar-refractivity contribution in [2.75, 3.05) is 21.2 Å². The highest BCUT2D eigenvalue weighted by atomic mass is 16.6. The number of allylic oxidation sites excluding steroid dienone is 3. The number of nitrogens with zero attached hydrogens (tertiary/aromatic N) is 2. The summed E-state index contributed by atoms with van der Waals surface area (Å²) in [6.07, 6.45) is 2.09. The van der Waals surface area contributed by atoms with Crippen molar-refractivity contribution in [2.45, 2.75) is 0 Å². The predicted molar refractivity (Wildman–Crippen MR) is 59.1 cm³/mol. The zero-order valence-electron chi connectivity index (χ0n) is 9.67. The maximum absolute atomic E-state index is 10.5. The monoisotopic (exact) mass is 240 g/mol. The van der Waals surface area contributed by atoms with E-state index < -0.39 is 10.6 Å². The van der Waals surface area contributed by atoms with E-state index >= 15 is 0 Å². The summed E-state index contributed by atoms with van der Waals surface area (Å²) in [6, 6.07) is 0. The molecule has 0 atom stereocenters. The summed E-state index contributed by atoms with van der Waals surface area (Å²) >= 11 is 0. The number of likely N-dealkylation sites (N-methyl/N-ethyl adjacent to an activating group) is 1. The Morgan fingerprint density at radius 1 is 1.47 bits per heavy atom. The molecule has 0 aromatic rings. The SMILES string of the molecule is COC(C=C(C=O)[N+](=O)[O-])=C(C=C=O)N(C)C. The first-order valence-electron chi connectivity index (χ1n) is 4.45. The Hall–Kier alpha value is -2.40. The molecule has 0 fully saturated rings. The Kier molecular flexibility index (Phi) is 5.99. The van der Waals surface area contributed by atoms with E-state index in [9.17, 15) is 19.7 Å². The van der Waals surface area contributed by atoms with Crippen molar-refractivity contribution < 1.29 is 19.2 Å². The Bertz CT molecular complexity index is 416. The average molecular weight is 240 g/mol. The second-order valence-electron chi connectivity index (χ2n) is 3.05. The molecule has 0 radical (unpaired) electrons. The maximum atomic E-state index is 10.5. The maximum Gasteiger partial charge on any atom is 0.312 e. The molecule has 0 bridgehead atoms. The molecule has 0 saturated carbocycles. The molecule has 0 amide bonds. The van der Waals surface area contributed by atoms with Gasteiger partial charge in [-0.25, -0.2) is 4.79 Å². The first-order valence-corrected chi connectivity index (χ1v) is 4.45. The number of rotatable bonds is 6. The number of carbonyl (C=O) groups is 1. The van der Waals surface area contributed by atoms with Gasteiger partial charge < -0.3 is 9.64 Å². The predicted octanol–water partition coefficient (Wildman–Crippen LogP) is 0.153. The Balaban J connectivity index is 5.72. The van der Waals surface area contributed by atoms with Gasteiger partial charge in [-0.15, -0.1) is 0 Å². The number of methoxy groups -OCH3 is 1. The Labute approximate surface area is 97.8 Å². The fourth-order valence-electron chi connectivity index (χ4n) is 0.978. The molecule has 0 spiro atoms. The average Bonchev–Trinajstić information content (AvgIpc) is 2.27. The molecule has 17 heavy (non-hydrogen) atoms. The van der Waals surface area contributed by atoms with Gasteiger partial charge in [-0.3, -0.25) is 14.9 Å². The first kappa shape index (κ1) is 14.6. The van der Waals surface area contributed by atoms with Gasteiger partial charge in [-0.05, 0) is 0 Å². The minimum absolute atomic E-state index is 0.0251. The third kappa shape index (κ3) is 4.31. The van der Waals surface area contributed by atoms with Crippen LogP contribution in [0.2, 0.25) is 0 Å². The molecule has 0 aliphatic rings. The second kappa shape index (κ2) is 6.97. The second-order valence-corrected chi connectivity index (χ2v) is 3.05. The lowest BCUT2D eigenvalue weighted by molar-refractivity contribution is -0.417. The van der Waals surface area contributed by atoms with E-state index in [-0.39, 0.29) is 17.7 Å². The van der Waals surface area contributed by atoms with E-state index in [0.717, 1.165) is 12.2 Å². The van der Waals surface area contributed by atoms with Crippen LogP contribution in [-0.2, 0) is 14.3 Å². The molecule has 92 valence electrons. The highest BCUT2D eigenvalue weighted by molar-refractivity contribution is 5.70. The minimum atomic E-state index is -0.843. The number of hydrogen-bond acceptors (Lipinski definition) is 6. The van der Waals surface area contributed by atoms with Crippen LogP contribution in [0, 0.1) is 10.1 Å². The van der Waals surface area contributed by atoms with E-state index in [1.54, 1.807) is 20.0 Å². The largest absolute Gasteiger partial charge is 0.494 e. The molecule has 0 aliphatic heterocycles. The molecule has 0 N–H and O–H groups in total. The van der Waals surface area contributed by atoms with Gasteiger partial charge >= 0.3 is 5.70 Å². The molecule has 0 aromatic heterocycles. The van der Waals surface area contributed by atoms with Crippen LogP contribution in [0.4, 0.5) is 0 Å². The van der Waals surface area contributed by atoms with Crippen molar-refractivity contribution in [1.82, 2.24) is 4.90 Å². The van der Waals surface area contributed by atoms with Crippen LogP contribution < -0.4 is 0 Å². The van der Waals surface area contributed by atoms with Crippen molar-refractivity contribution in [3.63, 3.8) is 0 Å². The Morgan fingerprint density at radius 3 is 2.35 bits per heavy atom. The Morgan fingerprint density at radius 2 is 2.06 bits per heavy atom. The van der Waals surface area contributed by atoms with E-state index in [4.69, 9.17) is 4.74 Å². The van der Waals surface area contributed by atoms with E-state index in [1.807, 2.05) is 0 Å². The van der Waals surface area contributed by atoms with E-state index in [1.165, 1.54) is 12.0 Å². The molecule has 0 aromatic carbocycles. The number of ether oxygens (including phenoxy) is 1. The number of carbonyl (C=O) groups excluding carboxylic acids is 2. The molecule has 0 rings (SSSR count). The zero-order valence-corrected chi connectivity index (χ0v) is 9.67. The fourth-order valence-corrected chi connectivity index (χ4v) is 0.978. The lowest BCUT2D eigenvalue weighted by atomic mass is 10.3. The number of aldehydes is 1. The van der Waals surface area contributed by atoms with Gasteiger partial charge in [0.2, 0.25) is 6.29 Å². The fraction of sp³-hybridized carbons (Fsp3) is 0.300. The summed E-state index contributed by atoms with van der Waals surface area (Å²) in [4.78, 5) is 31.9. The molecule has 0 saturated heterocycles. The standard InChI is InChI=1S/C10H12N2O5/c1-11(2)9(4-5-13)10(17-3)6-8(7-14)12(15)16/h4,6-7H,1-3H3. The van der Waals surface area contributed by atoms with Gasteiger partial charge in [-0.1, -0.05) is 0 Å². The molecule has 0 unspecified atom stereocenters. The molecule has 7 heteroatoms. The minimum Gasteiger partial charge on any atom is -0.494 e. The van der Waals surface area contributed by atoms with Crippen LogP contribution in [0.5, 0.6) is 0 Å². The van der Waals surface area contributed by atoms with Gasteiger partial charge in [-0.2, -0.15) is 0 Å². The van der Waals surface area contributed by atoms with Gasteiger partial charge in [0.15, 0.2) is 0 Å². The highest BCUT2D eigenvalue weighted by Gasteiger charge is 2.13. The summed E-state index contributed by atoms with van der Waals surface area (Å²) in [5, 5.41) is 10.5. The molecular formula is C10H12N2O5. The summed E-state index contributed by atoms with van der Waals surface area (Å²) in [5.74, 6) is 1.57. The topological polar surface area (TPSA) is 89.7 Å². The van der Waals surface area contributed by atoms with Crippen LogP contribution in [0.25, 0.3) is 0 Å². The quantitative estimate of drug-likeness (QED) is 0.125. The normalized spacial score (nSPS) is 12.1. The van der Waals surface area contributed by atoms with E-state index in [0.29, 0.717) is 0 Å². The lowest BCUT2D eigenvalue weighted by Crippen LogP contribution is -2.13. The van der Waals surface area contributed by atoms with Crippen LogP contribution in [0.15, 0.2) is 29.3 Å². The number of hydrogen-bond donors (Lipinski definition) is 0. The van der Waals surface area contributed by atoms with Crippen molar-refractivity contribution in [3.05, 3.63) is 39.4 Å². The third-order valence-electron chi connectivity index (χ3n) is 1.76. The summed E-state index contributed by atoms with van der Waals surface area (Å²) in [6.45, 7) is 0. The molecule has 7 nitrogen and oxygen atoms in total. The van der Waals surface area contributed by atoms with Gasteiger partial charge in [0.05, 0.1) is 23.8 Å². The van der Waals surface area contributed by atoms with Crippen molar-refractivity contribution >= 4 is 12.2 Å². The van der Waals surface area contributed by atoms with Crippen LogP contribution in [0.1, 0.15) is 0 Å². The van der Waals surface area contributed by atoms with Crippen LogP contribution in [-0.4, -0.2) is 43.3 Å². The molecular weight excluding hydrogens is 228 g/mol. The third-order valence-corrected chi connectivity index (χ3v) is 1.76. The first-order chi connectivity index (χ1) is 7.97. The van der Waals surface area contributed by atoms with Gasteiger partial charge in [0, 0.05) is 20.2 Å². The zero-order chi connectivity index (χ0) is 13.4. The van der Waals surface area contributed by atoms with Crippen molar-refractivity contribution in [3.8, 4) is 0 Å². The van der Waals surface area contributed by atoms with E-state index in [2.05, 4.69) is 0 Å². The van der Waals surface area contributed by atoms with Gasteiger partial charge in [0.1, 0.15) is 11.7 Å². The summed E-state index contributed by atoms with van der Waals surface area (Å²) in [5.41, 5.74) is -0.399. The van der Waals surface area contributed by atoms with Crippen molar-refractivity contribution in [1.29, 1.82) is 0 Å². The van der Waals surface area contributed by atoms with Crippen molar-refractivity contribution in [2.24, 2.45) is 0 Å². The smallest absolute Gasteiger partial charge is 0.312 e. The lowest BCUT2D eigenvalue weighted by Gasteiger charge is -2.15. The molecule has 0 heterocycles. The van der Waals surface area contributed by atoms with Crippen LogP contribution >= 0.6 is 0 Å². The highest BCUT2D eigenvalue weighted by Crippen LogP contribution is 2.12. The summed E-state index contributed by atoms with van der Waals surface area (Å²) < 4.78 is 4.90. The number of nitro groups is 1. The van der Waals surface area contributed by atoms with Gasteiger partial charge in [0.25, 0.3) is 0 Å². The summed E-state index contributed by atoms with van der Waals surface area (Å²) in [7, 11) is 4.50. The van der Waals surface area contributed by atoms with Crippen LogP contribution in [0.3, 0.4) is 0 Å².